The van der Waals surface area contributed by atoms with Gasteiger partial charge in [-0.2, -0.15) is 0 Å². The molecule has 1 aromatic carbocycles. The molecule has 0 atom stereocenters. The Labute approximate surface area is 148 Å². The van der Waals surface area contributed by atoms with Crippen LogP contribution in [-0.2, 0) is 17.9 Å². The zero-order chi connectivity index (χ0) is 16.7. The number of aromatic nitrogens is 4. The second-order valence-electron chi connectivity index (χ2n) is 5.80. The lowest BCUT2D eigenvalue weighted by molar-refractivity contribution is 0.177. The smallest absolute Gasteiger partial charge is 0.160 e. The molecular weight excluding hydrogens is 372 g/mol. The monoisotopic (exact) mass is 388 g/mol. The third-order valence-electron chi connectivity index (χ3n) is 3.96. The molecule has 0 saturated heterocycles. The number of hydrogen-bond acceptors (Lipinski definition) is 5. The molecule has 3 aromatic rings. The van der Waals surface area contributed by atoms with Crippen LogP contribution in [0.3, 0.4) is 0 Å². The summed E-state index contributed by atoms with van der Waals surface area (Å²) in [5.74, 6) is 2.37. The lowest BCUT2D eigenvalue weighted by Gasteiger charge is -2.08. The molecular formula is C17H17BrN4O2. The van der Waals surface area contributed by atoms with Crippen molar-refractivity contribution in [3.8, 4) is 17.3 Å². The highest BCUT2D eigenvalue weighted by Crippen LogP contribution is 2.35. The number of imidazole rings is 1. The van der Waals surface area contributed by atoms with Gasteiger partial charge < -0.3 is 14.0 Å². The summed E-state index contributed by atoms with van der Waals surface area (Å²) >= 11 is 3.54. The van der Waals surface area contributed by atoms with E-state index in [1.54, 1.807) is 7.11 Å². The lowest BCUT2D eigenvalue weighted by Crippen LogP contribution is -2.05. The van der Waals surface area contributed by atoms with Gasteiger partial charge in [0.25, 0.3) is 0 Å². The van der Waals surface area contributed by atoms with Crippen molar-refractivity contribution < 1.29 is 9.47 Å². The summed E-state index contributed by atoms with van der Waals surface area (Å²) in [6.45, 7) is 3.89. The maximum Gasteiger partial charge on any atom is 0.160 e. The van der Waals surface area contributed by atoms with Crippen molar-refractivity contribution in [2.75, 3.05) is 13.7 Å². The minimum Gasteiger partial charge on any atom is -0.491 e. The number of aryl methyl sites for hydroxylation is 2. The molecule has 3 heterocycles. The molecule has 0 N–H and O–H groups in total. The fraction of sp³-hybridized carbons (Fsp3) is 0.353. The van der Waals surface area contributed by atoms with Crippen LogP contribution >= 0.6 is 15.9 Å². The van der Waals surface area contributed by atoms with E-state index in [1.165, 1.54) is 0 Å². The molecule has 1 aliphatic rings. The fourth-order valence-corrected chi connectivity index (χ4v) is 3.49. The number of benzene rings is 1. The van der Waals surface area contributed by atoms with Crippen molar-refractivity contribution in [3.05, 3.63) is 34.2 Å². The molecule has 4 rings (SSSR count). The van der Waals surface area contributed by atoms with Crippen LogP contribution in [0.15, 0.2) is 22.7 Å². The first-order chi connectivity index (χ1) is 11.7. The van der Waals surface area contributed by atoms with Crippen molar-refractivity contribution in [3.63, 3.8) is 0 Å². The second-order valence-corrected chi connectivity index (χ2v) is 6.72. The third-order valence-corrected chi connectivity index (χ3v) is 4.42. The standard InChI is InChI=1S/C17H17BrN4O2/c1-10-6-13(20-15(19-10)9-23-2)17-21-12-7-11(18)8-14-16(12)22(17)4-3-5-24-14/h6-8H,3-5,9H2,1-2H3. The van der Waals surface area contributed by atoms with Crippen LogP contribution in [0.25, 0.3) is 22.6 Å². The topological polar surface area (TPSA) is 62.1 Å². The summed E-state index contributed by atoms with van der Waals surface area (Å²) in [4.78, 5) is 13.9. The lowest BCUT2D eigenvalue weighted by atomic mass is 10.3. The summed E-state index contributed by atoms with van der Waals surface area (Å²) in [5.41, 5.74) is 3.64. The first kappa shape index (κ1) is 15.5. The second kappa shape index (κ2) is 6.14. The SMILES string of the molecule is COCc1nc(C)cc(-c2nc3cc(Br)cc4c3n2CCCO4)n1. The van der Waals surface area contributed by atoms with E-state index in [2.05, 4.69) is 30.5 Å². The van der Waals surface area contributed by atoms with Crippen LogP contribution in [0.1, 0.15) is 17.9 Å². The minimum absolute atomic E-state index is 0.384. The Bertz CT molecular complexity index is 923. The zero-order valence-electron chi connectivity index (χ0n) is 13.5. The zero-order valence-corrected chi connectivity index (χ0v) is 15.1. The fourth-order valence-electron chi connectivity index (χ4n) is 3.06. The highest BCUT2D eigenvalue weighted by Gasteiger charge is 2.21. The number of ether oxygens (including phenoxy) is 2. The molecule has 0 saturated carbocycles. The van der Waals surface area contributed by atoms with Gasteiger partial charge in [0.1, 0.15) is 23.6 Å². The first-order valence-corrected chi connectivity index (χ1v) is 8.61. The van der Waals surface area contributed by atoms with Gasteiger partial charge in [-0.1, -0.05) is 15.9 Å². The molecule has 0 unspecified atom stereocenters. The molecule has 0 bridgehead atoms. The maximum atomic E-state index is 5.89. The molecule has 7 heteroatoms. The van der Waals surface area contributed by atoms with E-state index in [0.29, 0.717) is 19.0 Å². The Hall–Kier alpha value is -1.99. The van der Waals surface area contributed by atoms with Gasteiger partial charge in [0, 0.05) is 23.8 Å². The molecule has 0 radical (unpaired) electrons. The van der Waals surface area contributed by atoms with Crippen LogP contribution in [-0.4, -0.2) is 33.2 Å². The molecule has 1 aliphatic heterocycles. The quantitative estimate of drug-likeness (QED) is 0.686. The Kier molecular flexibility index (Phi) is 3.97. The average molecular weight is 389 g/mol. The largest absolute Gasteiger partial charge is 0.491 e. The van der Waals surface area contributed by atoms with E-state index in [9.17, 15) is 0 Å². The third kappa shape index (κ3) is 2.67. The Morgan fingerprint density at radius 3 is 2.96 bits per heavy atom. The van der Waals surface area contributed by atoms with Gasteiger partial charge in [-0.15, -0.1) is 0 Å². The summed E-state index contributed by atoms with van der Waals surface area (Å²) in [6, 6.07) is 5.97. The van der Waals surface area contributed by atoms with Gasteiger partial charge in [0.05, 0.1) is 12.1 Å². The Balaban J connectivity index is 1.95. The molecule has 6 nitrogen and oxygen atoms in total. The normalized spacial score (nSPS) is 13.8. The predicted molar refractivity (Wildman–Crippen MR) is 94.0 cm³/mol. The van der Waals surface area contributed by atoms with Crippen LogP contribution in [0, 0.1) is 6.92 Å². The van der Waals surface area contributed by atoms with Gasteiger partial charge >= 0.3 is 0 Å². The number of rotatable bonds is 3. The van der Waals surface area contributed by atoms with Crippen molar-refractivity contribution in [1.82, 2.24) is 19.5 Å². The molecule has 24 heavy (non-hydrogen) atoms. The number of nitrogens with zero attached hydrogens (tertiary/aromatic N) is 4. The van der Waals surface area contributed by atoms with Gasteiger partial charge in [-0.05, 0) is 31.5 Å². The molecule has 2 aromatic heterocycles. The predicted octanol–water partition coefficient (Wildman–Crippen LogP) is 3.49. The number of methoxy groups -OCH3 is 1. The van der Waals surface area contributed by atoms with E-state index in [-0.39, 0.29) is 0 Å². The van der Waals surface area contributed by atoms with Crippen LogP contribution in [0.2, 0.25) is 0 Å². The Morgan fingerprint density at radius 2 is 2.12 bits per heavy atom. The molecule has 0 aliphatic carbocycles. The van der Waals surface area contributed by atoms with E-state index < -0.39 is 0 Å². The summed E-state index contributed by atoms with van der Waals surface area (Å²) in [6.07, 6.45) is 0.930. The van der Waals surface area contributed by atoms with Crippen molar-refractivity contribution in [2.45, 2.75) is 26.5 Å². The van der Waals surface area contributed by atoms with Crippen LogP contribution < -0.4 is 4.74 Å². The maximum absolute atomic E-state index is 5.89. The molecule has 124 valence electrons. The van der Waals surface area contributed by atoms with Crippen LogP contribution in [0.5, 0.6) is 5.75 Å². The average Bonchev–Trinajstić information content (AvgIpc) is 2.75. The highest BCUT2D eigenvalue weighted by molar-refractivity contribution is 9.10. The van der Waals surface area contributed by atoms with Gasteiger partial charge in [0.15, 0.2) is 11.6 Å². The summed E-state index contributed by atoms with van der Waals surface area (Å²) in [5, 5.41) is 0. The van der Waals surface area contributed by atoms with E-state index >= 15 is 0 Å². The molecule has 0 fully saturated rings. The van der Waals surface area contributed by atoms with Crippen molar-refractivity contribution >= 4 is 27.0 Å². The van der Waals surface area contributed by atoms with Crippen molar-refractivity contribution in [2.24, 2.45) is 0 Å². The summed E-state index contributed by atoms with van der Waals surface area (Å²) < 4.78 is 14.2. The van der Waals surface area contributed by atoms with E-state index in [0.717, 1.165) is 51.4 Å². The Morgan fingerprint density at radius 1 is 1.25 bits per heavy atom. The van der Waals surface area contributed by atoms with Gasteiger partial charge in [-0.25, -0.2) is 15.0 Å². The summed E-state index contributed by atoms with van der Waals surface area (Å²) in [7, 11) is 1.64. The first-order valence-electron chi connectivity index (χ1n) is 7.82. The van der Waals surface area contributed by atoms with Gasteiger partial charge in [-0.3, -0.25) is 0 Å². The molecule has 0 amide bonds. The van der Waals surface area contributed by atoms with E-state index in [1.807, 2.05) is 25.1 Å². The minimum atomic E-state index is 0.384. The number of hydrogen-bond donors (Lipinski definition) is 0. The van der Waals surface area contributed by atoms with Gasteiger partial charge in [0.2, 0.25) is 0 Å². The highest BCUT2D eigenvalue weighted by atomic mass is 79.9. The van der Waals surface area contributed by atoms with Crippen LogP contribution in [0.4, 0.5) is 0 Å². The van der Waals surface area contributed by atoms with Crippen molar-refractivity contribution in [1.29, 1.82) is 0 Å². The molecule has 0 spiro atoms. The number of halogens is 1. The van der Waals surface area contributed by atoms with E-state index in [4.69, 9.17) is 14.5 Å².